The first-order chi connectivity index (χ1) is 10.1. The Morgan fingerprint density at radius 1 is 1.48 bits per heavy atom. The lowest BCUT2D eigenvalue weighted by molar-refractivity contribution is 0.234. The number of aliphatic hydroxyl groups excluding tert-OH is 1. The van der Waals surface area contributed by atoms with E-state index >= 15 is 0 Å². The summed E-state index contributed by atoms with van der Waals surface area (Å²) in [7, 11) is 0. The van der Waals surface area contributed by atoms with Gasteiger partial charge in [-0.2, -0.15) is 5.10 Å². The number of aryl methyl sites for hydroxylation is 2. The fraction of sp³-hybridized carbons (Fsp3) is 0.429. The molecule has 6 nitrogen and oxygen atoms in total. The molecular weight excluding hydrogens is 296 g/mol. The van der Waals surface area contributed by atoms with E-state index in [1.165, 1.54) is 12.3 Å². The van der Waals surface area contributed by atoms with E-state index in [-0.39, 0.29) is 30.2 Å². The highest BCUT2D eigenvalue weighted by Crippen LogP contribution is 2.22. The van der Waals surface area contributed by atoms with Crippen LogP contribution in [0.5, 0.6) is 5.75 Å². The summed E-state index contributed by atoms with van der Waals surface area (Å²) in [4.78, 5) is 11.8. The van der Waals surface area contributed by atoms with Crippen LogP contribution >= 0.6 is 11.6 Å². The number of aliphatic hydroxyl groups is 1. The average molecular weight is 313 g/mol. The number of hydrogen-bond donors (Lipinski definition) is 1. The third kappa shape index (κ3) is 3.28. The van der Waals surface area contributed by atoms with Gasteiger partial charge < -0.3 is 14.3 Å². The molecule has 0 unspecified atom stereocenters. The number of nitrogens with zero attached hydrogens (tertiary/aromatic N) is 2. The Kier molecular flexibility index (Phi) is 5.03. The SMILES string of the molecule is CCc1nn(CC)c(COc2coc(CO)cc2=O)c1Cl. The lowest BCUT2D eigenvalue weighted by Gasteiger charge is -2.07. The summed E-state index contributed by atoms with van der Waals surface area (Å²) in [6.45, 7) is 4.39. The summed E-state index contributed by atoms with van der Waals surface area (Å²) in [5, 5.41) is 13.8. The van der Waals surface area contributed by atoms with Crippen LogP contribution in [0.15, 0.2) is 21.5 Å². The smallest absolute Gasteiger partial charge is 0.227 e. The van der Waals surface area contributed by atoms with Crippen molar-refractivity contribution in [2.75, 3.05) is 0 Å². The molecular formula is C14H17ClN2O4. The molecule has 0 aliphatic rings. The Labute approximate surface area is 126 Å². The monoisotopic (exact) mass is 312 g/mol. The molecule has 0 radical (unpaired) electrons. The number of halogens is 1. The summed E-state index contributed by atoms with van der Waals surface area (Å²) in [5.74, 6) is 0.266. The molecule has 2 aromatic heterocycles. The molecule has 0 aromatic carbocycles. The molecule has 0 saturated heterocycles. The minimum atomic E-state index is -0.347. The van der Waals surface area contributed by atoms with Crippen molar-refractivity contribution >= 4 is 11.6 Å². The highest BCUT2D eigenvalue weighted by Gasteiger charge is 2.15. The zero-order valence-corrected chi connectivity index (χ0v) is 12.7. The van der Waals surface area contributed by atoms with Gasteiger partial charge in [0.25, 0.3) is 0 Å². The predicted octanol–water partition coefficient (Wildman–Crippen LogP) is 2.14. The van der Waals surface area contributed by atoms with Crippen LogP contribution in [0.25, 0.3) is 0 Å². The molecule has 21 heavy (non-hydrogen) atoms. The molecule has 0 bridgehead atoms. The van der Waals surface area contributed by atoms with Gasteiger partial charge in [0, 0.05) is 12.6 Å². The zero-order valence-electron chi connectivity index (χ0n) is 11.9. The van der Waals surface area contributed by atoms with Crippen LogP contribution in [0.3, 0.4) is 0 Å². The second kappa shape index (κ2) is 6.78. The van der Waals surface area contributed by atoms with Gasteiger partial charge in [0.1, 0.15) is 25.2 Å². The van der Waals surface area contributed by atoms with E-state index in [2.05, 4.69) is 5.10 Å². The number of rotatable bonds is 6. The van der Waals surface area contributed by atoms with Gasteiger partial charge in [-0.15, -0.1) is 0 Å². The van der Waals surface area contributed by atoms with Crippen LogP contribution in [-0.2, 0) is 26.2 Å². The first-order valence-corrected chi connectivity index (χ1v) is 7.07. The first kappa shape index (κ1) is 15.6. The molecule has 1 N–H and O–H groups in total. The maximum Gasteiger partial charge on any atom is 0.227 e. The van der Waals surface area contributed by atoms with Crippen LogP contribution in [0.1, 0.15) is 31.0 Å². The maximum atomic E-state index is 11.8. The quantitative estimate of drug-likeness (QED) is 0.884. The highest BCUT2D eigenvalue weighted by molar-refractivity contribution is 6.31. The minimum absolute atomic E-state index is 0.0742. The normalized spacial score (nSPS) is 10.9. The molecule has 0 amide bonds. The van der Waals surface area contributed by atoms with E-state index in [0.29, 0.717) is 11.6 Å². The molecule has 0 fully saturated rings. The molecule has 0 atom stereocenters. The Morgan fingerprint density at radius 3 is 2.81 bits per heavy atom. The lowest BCUT2D eigenvalue weighted by Crippen LogP contribution is -2.11. The molecule has 0 aliphatic heterocycles. The van der Waals surface area contributed by atoms with Crippen molar-refractivity contribution in [3.8, 4) is 5.75 Å². The summed E-state index contributed by atoms with van der Waals surface area (Å²) in [5.41, 5.74) is 1.18. The molecule has 2 rings (SSSR count). The fourth-order valence-corrected chi connectivity index (χ4v) is 2.25. The topological polar surface area (TPSA) is 77.5 Å². The number of hydrogen-bond acceptors (Lipinski definition) is 5. The second-order valence-electron chi connectivity index (χ2n) is 4.40. The predicted molar refractivity (Wildman–Crippen MR) is 77.5 cm³/mol. The molecule has 0 saturated carbocycles. The van der Waals surface area contributed by atoms with E-state index < -0.39 is 0 Å². The van der Waals surface area contributed by atoms with Gasteiger partial charge in [0.2, 0.25) is 11.2 Å². The number of ether oxygens (including phenoxy) is 1. The van der Waals surface area contributed by atoms with Gasteiger partial charge in [-0.25, -0.2) is 0 Å². The summed E-state index contributed by atoms with van der Waals surface area (Å²) < 4.78 is 12.3. The Morgan fingerprint density at radius 2 is 2.24 bits per heavy atom. The Hall–Kier alpha value is -1.79. The largest absolute Gasteiger partial charge is 0.480 e. The van der Waals surface area contributed by atoms with Crippen LogP contribution in [0, 0.1) is 0 Å². The van der Waals surface area contributed by atoms with Gasteiger partial charge in [0.15, 0.2) is 0 Å². The van der Waals surface area contributed by atoms with Crippen molar-refractivity contribution < 1.29 is 14.3 Å². The van der Waals surface area contributed by atoms with Crippen molar-refractivity contribution in [3.05, 3.63) is 44.7 Å². The van der Waals surface area contributed by atoms with Crippen LogP contribution < -0.4 is 10.2 Å². The molecule has 0 spiro atoms. The Bertz CT molecular complexity index is 678. The zero-order chi connectivity index (χ0) is 15.4. The van der Waals surface area contributed by atoms with E-state index in [1.54, 1.807) is 4.68 Å². The van der Waals surface area contributed by atoms with Crippen molar-refractivity contribution in [1.29, 1.82) is 0 Å². The minimum Gasteiger partial charge on any atom is -0.480 e. The standard InChI is InChI=1S/C14H17ClN2O4/c1-3-10-14(15)11(17(4-2)16-10)7-21-13-8-20-9(6-18)5-12(13)19/h5,8,18H,3-4,6-7H2,1-2H3. The third-order valence-electron chi connectivity index (χ3n) is 3.07. The van der Waals surface area contributed by atoms with Crippen molar-refractivity contribution in [2.45, 2.75) is 40.0 Å². The van der Waals surface area contributed by atoms with Gasteiger partial charge >= 0.3 is 0 Å². The van der Waals surface area contributed by atoms with E-state index in [4.69, 9.17) is 25.9 Å². The van der Waals surface area contributed by atoms with Gasteiger partial charge in [0.05, 0.1) is 16.4 Å². The van der Waals surface area contributed by atoms with Crippen molar-refractivity contribution in [2.24, 2.45) is 0 Å². The second-order valence-corrected chi connectivity index (χ2v) is 4.78. The molecule has 2 heterocycles. The van der Waals surface area contributed by atoms with Gasteiger partial charge in [-0.3, -0.25) is 9.48 Å². The van der Waals surface area contributed by atoms with Gasteiger partial charge in [-0.05, 0) is 13.3 Å². The van der Waals surface area contributed by atoms with Crippen LogP contribution in [0.2, 0.25) is 5.02 Å². The summed E-state index contributed by atoms with van der Waals surface area (Å²) in [6, 6.07) is 1.20. The summed E-state index contributed by atoms with van der Waals surface area (Å²) >= 11 is 6.26. The van der Waals surface area contributed by atoms with E-state index in [0.717, 1.165) is 17.8 Å². The third-order valence-corrected chi connectivity index (χ3v) is 3.50. The molecule has 114 valence electrons. The molecule has 2 aromatic rings. The lowest BCUT2D eigenvalue weighted by atomic mass is 10.3. The Balaban J connectivity index is 2.20. The fourth-order valence-electron chi connectivity index (χ4n) is 1.93. The summed E-state index contributed by atoms with van der Waals surface area (Å²) in [6.07, 6.45) is 1.92. The first-order valence-electron chi connectivity index (χ1n) is 6.70. The average Bonchev–Trinajstić information content (AvgIpc) is 2.81. The van der Waals surface area contributed by atoms with Crippen molar-refractivity contribution in [3.63, 3.8) is 0 Å². The maximum absolute atomic E-state index is 11.8. The molecule has 0 aliphatic carbocycles. The van der Waals surface area contributed by atoms with Crippen LogP contribution in [-0.4, -0.2) is 14.9 Å². The van der Waals surface area contributed by atoms with Crippen LogP contribution in [0.4, 0.5) is 0 Å². The van der Waals surface area contributed by atoms with Gasteiger partial charge in [-0.1, -0.05) is 18.5 Å². The van der Waals surface area contributed by atoms with Crippen molar-refractivity contribution in [1.82, 2.24) is 9.78 Å². The molecule has 7 heteroatoms. The highest BCUT2D eigenvalue weighted by atomic mass is 35.5. The van der Waals surface area contributed by atoms with E-state index in [1.807, 2.05) is 13.8 Å². The van der Waals surface area contributed by atoms with E-state index in [9.17, 15) is 4.79 Å². The number of aromatic nitrogens is 2.